The SMILES string of the molecule is C=C(Cl)N=C(N)c1nc(Br)n(Cc2ccccc2)c1N. The summed E-state index contributed by atoms with van der Waals surface area (Å²) in [7, 11) is 0. The van der Waals surface area contributed by atoms with Gasteiger partial charge in [-0.1, -0.05) is 48.5 Å². The molecule has 104 valence electrons. The first kappa shape index (κ1) is 14.6. The minimum absolute atomic E-state index is 0.0793. The van der Waals surface area contributed by atoms with Crippen LogP contribution in [0.25, 0.3) is 0 Å². The maximum Gasteiger partial charge on any atom is 0.179 e. The molecule has 5 nitrogen and oxygen atoms in total. The molecular formula is C13H13BrClN5. The molecule has 0 aliphatic rings. The van der Waals surface area contributed by atoms with Gasteiger partial charge in [0.05, 0.1) is 6.54 Å². The molecule has 1 aromatic carbocycles. The van der Waals surface area contributed by atoms with Gasteiger partial charge in [-0.15, -0.1) is 0 Å². The molecular weight excluding hydrogens is 342 g/mol. The summed E-state index contributed by atoms with van der Waals surface area (Å²) in [5, 5.41) is 0.0793. The molecule has 4 N–H and O–H groups in total. The number of aliphatic imine (C=N–C) groups is 1. The smallest absolute Gasteiger partial charge is 0.179 e. The highest BCUT2D eigenvalue weighted by molar-refractivity contribution is 9.10. The lowest BCUT2D eigenvalue weighted by Crippen LogP contribution is -2.16. The van der Waals surface area contributed by atoms with Crippen molar-refractivity contribution in [3.8, 4) is 0 Å². The van der Waals surface area contributed by atoms with Crippen LogP contribution in [-0.2, 0) is 6.54 Å². The number of halogens is 2. The summed E-state index contributed by atoms with van der Waals surface area (Å²) in [6.45, 7) is 4.04. The van der Waals surface area contributed by atoms with Crippen LogP contribution in [0.3, 0.4) is 0 Å². The number of rotatable bonds is 4. The van der Waals surface area contributed by atoms with Crippen LogP contribution in [0.1, 0.15) is 11.3 Å². The molecule has 0 aliphatic heterocycles. The van der Waals surface area contributed by atoms with Gasteiger partial charge in [0.25, 0.3) is 0 Å². The van der Waals surface area contributed by atoms with Crippen LogP contribution in [0, 0.1) is 0 Å². The fourth-order valence-corrected chi connectivity index (χ4v) is 2.31. The highest BCUT2D eigenvalue weighted by Gasteiger charge is 2.16. The average Bonchev–Trinajstić information content (AvgIpc) is 2.67. The first-order valence-corrected chi connectivity index (χ1v) is 6.90. The second-order valence-corrected chi connectivity index (χ2v) is 5.21. The van der Waals surface area contributed by atoms with E-state index < -0.39 is 0 Å². The molecule has 0 saturated heterocycles. The third-order valence-electron chi connectivity index (χ3n) is 2.63. The third-order valence-corrected chi connectivity index (χ3v) is 3.32. The third kappa shape index (κ3) is 3.20. The maximum atomic E-state index is 6.07. The van der Waals surface area contributed by atoms with Gasteiger partial charge in [-0.3, -0.25) is 0 Å². The molecule has 2 aromatic rings. The predicted molar refractivity (Wildman–Crippen MR) is 85.6 cm³/mol. The van der Waals surface area contributed by atoms with Crippen molar-refractivity contribution in [3.63, 3.8) is 0 Å². The van der Waals surface area contributed by atoms with Gasteiger partial charge < -0.3 is 16.0 Å². The van der Waals surface area contributed by atoms with Gasteiger partial charge in [0.15, 0.2) is 10.6 Å². The van der Waals surface area contributed by atoms with E-state index in [1.54, 1.807) is 4.57 Å². The Hall–Kier alpha value is -1.79. The second-order valence-electron chi connectivity index (χ2n) is 4.06. The average molecular weight is 355 g/mol. The summed E-state index contributed by atoms with van der Waals surface area (Å²) in [6.07, 6.45) is 0. The zero-order valence-electron chi connectivity index (χ0n) is 10.6. The number of anilines is 1. The lowest BCUT2D eigenvalue weighted by atomic mass is 10.2. The van der Waals surface area contributed by atoms with Crippen LogP contribution >= 0.6 is 27.5 Å². The Labute approximate surface area is 130 Å². The van der Waals surface area contributed by atoms with Crippen molar-refractivity contribution >= 4 is 39.2 Å². The van der Waals surface area contributed by atoms with Crippen LogP contribution in [0.2, 0.25) is 0 Å². The van der Waals surface area contributed by atoms with E-state index in [0.29, 0.717) is 22.8 Å². The van der Waals surface area contributed by atoms with Crippen LogP contribution in [0.5, 0.6) is 0 Å². The fraction of sp³-hybridized carbons (Fsp3) is 0.0769. The molecule has 0 bridgehead atoms. The Balaban J connectivity index is 2.37. The van der Waals surface area contributed by atoms with Crippen molar-refractivity contribution in [2.45, 2.75) is 6.54 Å². The predicted octanol–water partition coefficient (Wildman–Crippen LogP) is 2.69. The summed E-state index contributed by atoms with van der Waals surface area (Å²) >= 11 is 8.97. The van der Waals surface area contributed by atoms with Crippen molar-refractivity contribution in [3.05, 3.63) is 58.1 Å². The Morgan fingerprint density at radius 3 is 2.65 bits per heavy atom. The molecule has 0 spiro atoms. The lowest BCUT2D eigenvalue weighted by molar-refractivity contribution is 0.785. The zero-order valence-corrected chi connectivity index (χ0v) is 12.9. The highest BCUT2D eigenvalue weighted by Crippen LogP contribution is 2.21. The normalized spacial score (nSPS) is 11.6. The molecule has 1 aromatic heterocycles. The first-order valence-electron chi connectivity index (χ1n) is 5.73. The number of benzene rings is 1. The van der Waals surface area contributed by atoms with Gasteiger partial charge in [0, 0.05) is 0 Å². The standard InChI is InChI=1S/C13H13BrClN5/c1-8(15)18-11(16)10-12(17)20(13(14)19-10)7-9-5-3-2-4-6-9/h2-6H,1,7,17H2,(H2,16,18). The zero-order chi connectivity index (χ0) is 14.7. The Morgan fingerprint density at radius 2 is 2.05 bits per heavy atom. The van der Waals surface area contributed by atoms with Gasteiger partial charge in [-0.25, -0.2) is 9.98 Å². The molecule has 0 atom stereocenters. The lowest BCUT2D eigenvalue weighted by Gasteiger charge is -2.07. The molecule has 0 amide bonds. The molecule has 0 unspecified atom stereocenters. The van der Waals surface area contributed by atoms with Crippen LogP contribution in [-0.4, -0.2) is 15.4 Å². The van der Waals surface area contributed by atoms with E-state index in [2.05, 4.69) is 32.5 Å². The number of nitrogen functional groups attached to an aromatic ring is 1. The first-order chi connectivity index (χ1) is 9.49. The molecule has 2 rings (SSSR count). The summed E-state index contributed by atoms with van der Waals surface area (Å²) in [6, 6.07) is 9.89. The van der Waals surface area contributed by atoms with Crippen LogP contribution < -0.4 is 11.5 Å². The Bertz CT molecular complexity index is 663. The number of imidazole rings is 1. The number of hydrogen-bond acceptors (Lipinski definition) is 3. The van der Waals surface area contributed by atoms with E-state index in [1.165, 1.54) is 0 Å². The van der Waals surface area contributed by atoms with Gasteiger partial charge in [-0.05, 0) is 21.5 Å². The van der Waals surface area contributed by atoms with Crippen molar-refractivity contribution in [1.82, 2.24) is 9.55 Å². The van der Waals surface area contributed by atoms with Gasteiger partial charge >= 0.3 is 0 Å². The van der Waals surface area contributed by atoms with Crippen molar-refractivity contribution < 1.29 is 0 Å². The van der Waals surface area contributed by atoms with Crippen molar-refractivity contribution in [2.24, 2.45) is 10.7 Å². The summed E-state index contributed by atoms with van der Waals surface area (Å²) in [5.41, 5.74) is 13.3. The maximum absolute atomic E-state index is 6.07. The Kier molecular flexibility index (Phi) is 4.46. The molecule has 0 fully saturated rings. The fourth-order valence-electron chi connectivity index (χ4n) is 1.73. The van der Waals surface area contributed by atoms with Gasteiger partial charge in [0.2, 0.25) is 0 Å². The quantitative estimate of drug-likeness (QED) is 0.503. The number of amidine groups is 1. The molecule has 1 heterocycles. The minimum atomic E-state index is 0.0793. The summed E-state index contributed by atoms with van der Waals surface area (Å²) in [5.74, 6) is 0.551. The largest absolute Gasteiger partial charge is 0.383 e. The van der Waals surface area contributed by atoms with E-state index in [4.69, 9.17) is 23.1 Å². The van der Waals surface area contributed by atoms with Crippen molar-refractivity contribution in [1.29, 1.82) is 0 Å². The van der Waals surface area contributed by atoms with Gasteiger partial charge in [0.1, 0.15) is 16.7 Å². The van der Waals surface area contributed by atoms with Crippen molar-refractivity contribution in [2.75, 3.05) is 5.73 Å². The van der Waals surface area contributed by atoms with E-state index >= 15 is 0 Å². The number of aromatic nitrogens is 2. The molecule has 20 heavy (non-hydrogen) atoms. The number of nitrogens with two attached hydrogens (primary N) is 2. The van der Waals surface area contributed by atoms with E-state index in [0.717, 1.165) is 5.56 Å². The van der Waals surface area contributed by atoms with E-state index in [9.17, 15) is 0 Å². The minimum Gasteiger partial charge on any atom is -0.383 e. The number of hydrogen-bond donors (Lipinski definition) is 2. The second kappa shape index (κ2) is 6.11. The van der Waals surface area contributed by atoms with E-state index in [1.807, 2.05) is 30.3 Å². The Morgan fingerprint density at radius 1 is 1.40 bits per heavy atom. The summed E-state index contributed by atoms with van der Waals surface area (Å²) < 4.78 is 2.37. The van der Waals surface area contributed by atoms with Gasteiger partial charge in [-0.2, -0.15) is 0 Å². The highest BCUT2D eigenvalue weighted by atomic mass is 79.9. The molecule has 0 saturated carbocycles. The molecule has 0 aliphatic carbocycles. The van der Waals surface area contributed by atoms with Crippen LogP contribution in [0.15, 0.2) is 51.8 Å². The number of nitrogens with zero attached hydrogens (tertiary/aromatic N) is 3. The van der Waals surface area contributed by atoms with E-state index in [-0.39, 0.29) is 11.0 Å². The topological polar surface area (TPSA) is 82.2 Å². The monoisotopic (exact) mass is 353 g/mol. The molecule has 7 heteroatoms. The molecule has 0 radical (unpaired) electrons. The van der Waals surface area contributed by atoms with Crippen LogP contribution in [0.4, 0.5) is 5.82 Å². The summed E-state index contributed by atoms with van der Waals surface area (Å²) in [4.78, 5) is 8.12.